The predicted molar refractivity (Wildman–Crippen MR) is 51.0 cm³/mol. The Hall–Kier alpha value is -1.20. The summed E-state index contributed by atoms with van der Waals surface area (Å²) < 4.78 is 5.20. The summed E-state index contributed by atoms with van der Waals surface area (Å²) in [7, 11) is 1.82. The first-order valence-corrected chi connectivity index (χ1v) is 4.64. The normalized spacial score (nSPS) is 15.2. The van der Waals surface area contributed by atoms with Crippen molar-refractivity contribution in [2.45, 2.75) is 19.6 Å². The molecule has 2 heterocycles. The molecule has 0 spiro atoms. The van der Waals surface area contributed by atoms with Gasteiger partial charge in [0, 0.05) is 6.42 Å². The van der Waals surface area contributed by atoms with Crippen molar-refractivity contribution in [1.82, 2.24) is 15.3 Å². The van der Waals surface area contributed by atoms with Crippen molar-refractivity contribution >= 4 is 0 Å². The monoisotopic (exact) mass is 195 g/mol. The molecule has 0 bridgehead atoms. The number of aromatic amines is 1. The van der Waals surface area contributed by atoms with Gasteiger partial charge in [-0.05, 0) is 7.05 Å². The van der Waals surface area contributed by atoms with E-state index in [1.165, 1.54) is 0 Å². The Morgan fingerprint density at radius 2 is 2.50 bits per heavy atom. The Labute approximate surface area is 81.5 Å². The van der Waals surface area contributed by atoms with Gasteiger partial charge in [0.05, 0.1) is 31.0 Å². The smallest absolute Gasteiger partial charge is 0.256 e. The van der Waals surface area contributed by atoms with Crippen LogP contribution in [0.3, 0.4) is 0 Å². The van der Waals surface area contributed by atoms with Crippen LogP contribution in [0.15, 0.2) is 4.79 Å². The van der Waals surface area contributed by atoms with Crippen molar-refractivity contribution in [3.63, 3.8) is 0 Å². The fourth-order valence-electron chi connectivity index (χ4n) is 1.55. The second-order valence-electron chi connectivity index (χ2n) is 3.27. The average Bonchev–Trinajstić information content (AvgIpc) is 2.18. The summed E-state index contributed by atoms with van der Waals surface area (Å²) in [4.78, 5) is 18.6. The Kier molecular flexibility index (Phi) is 2.60. The molecular formula is C9H13N3O2. The van der Waals surface area contributed by atoms with Crippen LogP contribution in [0.1, 0.15) is 17.1 Å². The maximum absolute atomic E-state index is 11.6. The number of H-pyrrole nitrogens is 1. The van der Waals surface area contributed by atoms with Crippen molar-refractivity contribution in [2.75, 3.05) is 13.7 Å². The highest BCUT2D eigenvalue weighted by Gasteiger charge is 2.15. The predicted octanol–water partition coefficient (Wildman–Crippen LogP) is -0.438. The molecule has 0 amide bonds. The van der Waals surface area contributed by atoms with E-state index in [2.05, 4.69) is 15.3 Å². The van der Waals surface area contributed by atoms with Crippen LogP contribution in [0.25, 0.3) is 0 Å². The lowest BCUT2D eigenvalue weighted by Gasteiger charge is -2.15. The number of nitrogens with one attached hydrogen (secondary N) is 2. The highest BCUT2D eigenvalue weighted by atomic mass is 16.5. The molecule has 1 aromatic rings. The highest BCUT2D eigenvalue weighted by Crippen LogP contribution is 2.09. The van der Waals surface area contributed by atoms with E-state index in [-0.39, 0.29) is 5.56 Å². The third-order valence-electron chi connectivity index (χ3n) is 2.22. The van der Waals surface area contributed by atoms with Crippen LogP contribution in [-0.2, 0) is 24.3 Å². The molecule has 5 heteroatoms. The molecule has 0 saturated carbocycles. The minimum Gasteiger partial charge on any atom is -0.376 e. The zero-order valence-electron chi connectivity index (χ0n) is 8.09. The number of fused-ring (bicyclic) bond motifs is 1. The number of rotatable bonds is 2. The van der Waals surface area contributed by atoms with Gasteiger partial charge in [-0.2, -0.15) is 0 Å². The van der Waals surface area contributed by atoms with Crippen LogP contribution in [-0.4, -0.2) is 23.6 Å². The maximum Gasteiger partial charge on any atom is 0.256 e. The number of hydrogen-bond donors (Lipinski definition) is 2. The van der Waals surface area contributed by atoms with Gasteiger partial charge >= 0.3 is 0 Å². The van der Waals surface area contributed by atoms with Crippen LogP contribution in [0.4, 0.5) is 0 Å². The summed E-state index contributed by atoms with van der Waals surface area (Å²) in [5.74, 6) is 0.693. The van der Waals surface area contributed by atoms with Gasteiger partial charge in [-0.1, -0.05) is 0 Å². The van der Waals surface area contributed by atoms with E-state index in [4.69, 9.17) is 4.74 Å². The lowest BCUT2D eigenvalue weighted by molar-refractivity contribution is 0.108. The molecule has 14 heavy (non-hydrogen) atoms. The SMILES string of the molecule is CNCc1nc2c(c(=O)[nH]1)COCC2. The van der Waals surface area contributed by atoms with E-state index in [1.807, 2.05) is 7.05 Å². The molecule has 2 N–H and O–H groups in total. The molecule has 0 aromatic carbocycles. The Balaban J connectivity index is 2.41. The van der Waals surface area contributed by atoms with Gasteiger partial charge in [0.2, 0.25) is 0 Å². The largest absolute Gasteiger partial charge is 0.376 e. The van der Waals surface area contributed by atoms with Crippen molar-refractivity contribution in [1.29, 1.82) is 0 Å². The van der Waals surface area contributed by atoms with Gasteiger partial charge in [-0.3, -0.25) is 4.79 Å². The summed E-state index contributed by atoms with van der Waals surface area (Å²) in [5.41, 5.74) is 1.49. The van der Waals surface area contributed by atoms with Crippen LogP contribution in [0.5, 0.6) is 0 Å². The zero-order chi connectivity index (χ0) is 9.97. The average molecular weight is 195 g/mol. The number of ether oxygens (including phenoxy) is 1. The van der Waals surface area contributed by atoms with Crippen molar-refractivity contribution in [3.8, 4) is 0 Å². The number of hydrogen-bond acceptors (Lipinski definition) is 4. The van der Waals surface area contributed by atoms with E-state index in [0.29, 0.717) is 31.1 Å². The first-order chi connectivity index (χ1) is 6.81. The topological polar surface area (TPSA) is 67.0 Å². The molecule has 0 unspecified atom stereocenters. The molecule has 0 atom stereocenters. The Morgan fingerprint density at radius 3 is 3.29 bits per heavy atom. The molecule has 2 rings (SSSR count). The molecule has 0 radical (unpaired) electrons. The molecule has 0 fully saturated rings. The second-order valence-corrected chi connectivity index (χ2v) is 3.27. The molecule has 76 valence electrons. The third-order valence-corrected chi connectivity index (χ3v) is 2.22. The van der Waals surface area contributed by atoms with E-state index in [0.717, 1.165) is 12.1 Å². The first kappa shape index (κ1) is 9.36. The van der Waals surface area contributed by atoms with Crippen molar-refractivity contribution in [2.24, 2.45) is 0 Å². The summed E-state index contributed by atoms with van der Waals surface area (Å²) in [5, 5.41) is 2.95. The fourth-order valence-corrected chi connectivity index (χ4v) is 1.55. The minimum atomic E-state index is -0.0695. The van der Waals surface area contributed by atoms with Gasteiger partial charge in [0.25, 0.3) is 5.56 Å². The van der Waals surface area contributed by atoms with Crippen molar-refractivity contribution < 1.29 is 4.74 Å². The number of aromatic nitrogens is 2. The van der Waals surface area contributed by atoms with E-state index in [1.54, 1.807) is 0 Å². The highest BCUT2D eigenvalue weighted by molar-refractivity contribution is 5.19. The molecule has 1 aliphatic rings. The molecule has 0 saturated heterocycles. The van der Waals surface area contributed by atoms with E-state index in [9.17, 15) is 4.79 Å². The Bertz CT molecular complexity index is 386. The minimum absolute atomic E-state index is 0.0695. The van der Waals surface area contributed by atoms with E-state index < -0.39 is 0 Å². The van der Waals surface area contributed by atoms with Gasteiger partial charge in [0.15, 0.2) is 0 Å². The van der Waals surface area contributed by atoms with E-state index >= 15 is 0 Å². The van der Waals surface area contributed by atoms with Crippen LogP contribution in [0.2, 0.25) is 0 Å². The zero-order valence-corrected chi connectivity index (χ0v) is 8.09. The van der Waals surface area contributed by atoms with Gasteiger partial charge in [-0.25, -0.2) is 4.98 Å². The Morgan fingerprint density at radius 1 is 1.64 bits per heavy atom. The standard InChI is InChI=1S/C9H13N3O2/c1-10-4-8-11-7-2-3-14-5-6(7)9(13)12-8/h10H,2-5H2,1H3,(H,11,12,13). The quantitative estimate of drug-likeness (QED) is 0.671. The summed E-state index contributed by atoms with van der Waals surface area (Å²) in [6.07, 6.45) is 0.732. The summed E-state index contributed by atoms with van der Waals surface area (Å²) in [6.45, 7) is 1.63. The molecule has 1 aromatic heterocycles. The first-order valence-electron chi connectivity index (χ1n) is 4.64. The summed E-state index contributed by atoms with van der Waals surface area (Å²) in [6, 6.07) is 0. The van der Waals surface area contributed by atoms with Gasteiger partial charge in [-0.15, -0.1) is 0 Å². The molecule has 0 aliphatic carbocycles. The van der Waals surface area contributed by atoms with Crippen LogP contribution >= 0.6 is 0 Å². The summed E-state index contributed by atoms with van der Waals surface area (Å²) >= 11 is 0. The molecular weight excluding hydrogens is 182 g/mol. The lowest BCUT2D eigenvalue weighted by atomic mass is 10.1. The lowest BCUT2D eigenvalue weighted by Crippen LogP contribution is -2.26. The third kappa shape index (κ3) is 1.69. The second kappa shape index (κ2) is 3.89. The van der Waals surface area contributed by atoms with Gasteiger partial charge in [0.1, 0.15) is 5.82 Å². The van der Waals surface area contributed by atoms with Crippen LogP contribution < -0.4 is 10.9 Å². The van der Waals surface area contributed by atoms with Crippen molar-refractivity contribution in [3.05, 3.63) is 27.4 Å². The molecule has 5 nitrogen and oxygen atoms in total. The maximum atomic E-state index is 11.6. The number of nitrogens with zero attached hydrogens (tertiary/aromatic N) is 1. The molecule has 1 aliphatic heterocycles. The van der Waals surface area contributed by atoms with Gasteiger partial charge < -0.3 is 15.0 Å². The van der Waals surface area contributed by atoms with Crippen LogP contribution in [0, 0.1) is 0 Å². The fraction of sp³-hybridized carbons (Fsp3) is 0.556.